The van der Waals surface area contributed by atoms with Crippen molar-refractivity contribution in [3.05, 3.63) is 11.7 Å². The number of hydrogen-bond donors (Lipinski definition) is 1. The largest absolute Gasteiger partial charge is 0.339 e. The molecule has 0 radical (unpaired) electrons. The van der Waals surface area contributed by atoms with Crippen LogP contribution < -0.4 is 5.32 Å². The molecule has 5 heteroatoms. The first-order chi connectivity index (χ1) is 9.67. The van der Waals surface area contributed by atoms with E-state index in [4.69, 9.17) is 4.52 Å². The molecule has 1 aromatic rings. The van der Waals surface area contributed by atoms with Crippen molar-refractivity contribution >= 4 is 0 Å². The van der Waals surface area contributed by atoms with Gasteiger partial charge in [-0.3, -0.25) is 4.90 Å². The number of rotatable bonds is 7. The lowest BCUT2D eigenvalue weighted by Gasteiger charge is -2.28. The molecule has 0 aliphatic carbocycles. The molecule has 20 heavy (non-hydrogen) atoms. The second-order valence-corrected chi connectivity index (χ2v) is 6.22. The Morgan fingerprint density at radius 3 is 2.75 bits per heavy atom. The van der Waals surface area contributed by atoms with E-state index < -0.39 is 0 Å². The number of nitrogens with zero attached hydrogens (tertiary/aromatic N) is 3. The lowest BCUT2D eigenvalue weighted by Crippen LogP contribution is -2.36. The molecule has 0 atom stereocenters. The fourth-order valence-corrected chi connectivity index (χ4v) is 2.72. The van der Waals surface area contributed by atoms with Crippen LogP contribution in [0.1, 0.15) is 45.3 Å². The molecule has 0 spiro atoms. The molecule has 0 saturated carbocycles. The Labute approximate surface area is 122 Å². The first kappa shape index (κ1) is 15.4. The van der Waals surface area contributed by atoms with E-state index in [-0.39, 0.29) is 0 Å². The molecule has 2 heterocycles. The van der Waals surface area contributed by atoms with Crippen molar-refractivity contribution in [1.29, 1.82) is 0 Å². The van der Waals surface area contributed by atoms with Crippen molar-refractivity contribution < 1.29 is 4.52 Å². The van der Waals surface area contributed by atoms with Crippen LogP contribution in [0.5, 0.6) is 0 Å². The summed E-state index contributed by atoms with van der Waals surface area (Å²) >= 11 is 0. The van der Waals surface area contributed by atoms with Crippen LogP contribution in [0.4, 0.5) is 0 Å². The van der Waals surface area contributed by atoms with E-state index in [0.29, 0.717) is 5.92 Å². The summed E-state index contributed by atoms with van der Waals surface area (Å²) in [5, 5.41) is 7.53. The van der Waals surface area contributed by atoms with Crippen LogP contribution in [0.15, 0.2) is 4.52 Å². The van der Waals surface area contributed by atoms with Crippen molar-refractivity contribution in [3.8, 4) is 0 Å². The fraction of sp³-hybridized carbons (Fsp3) is 0.867. The summed E-state index contributed by atoms with van der Waals surface area (Å²) in [6.45, 7) is 11.8. The quantitative estimate of drug-likeness (QED) is 0.829. The summed E-state index contributed by atoms with van der Waals surface area (Å²) < 4.78 is 5.31. The first-order valence-corrected chi connectivity index (χ1v) is 7.92. The lowest BCUT2D eigenvalue weighted by atomic mass is 9.97. The molecule has 0 aromatic carbocycles. The van der Waals surface area contributed by atoms with Gasteiger partial charge in [0, 0.05) is 13.0 Å². The first-order valence-electron chi connectivity index (χ1n) is 7.92. The highest BCUT2D eigenvalue weighted by Crippen LogP contribution is 2.15. The van der Waals surface area contributed by atoms with Gasteiger partial charge in [0.05, 0.1) is 6.54 Å². The zero-order chi connectivity index (χ0) is 14.4. The standard InChI is InChI=1S/C15H28N4O/c1-4-19(10-13-5-7-16-8-6-13)11-14-17-15(20-18-14)9-12(2)3/h12-13,16H,4-11H2,1-3H3. The van der Waals surface area contributed by atoms with Crippen molar-refractivity contribution in [2.45, 2.75) is 46.6 Å². The van der Waals surface area contributed by atoms with E-state index in [9.17, 15) is 0 Å². The zero-order valence-electron chi connectivity index (χ0n) is 13.1. The maximum atomic E-state index is 5.31. The molecule has 1 aliphatic rings. The summed E-state index contributed by atoms with van der Waals surface area (Å²) in [5.41, 5.74) is 0. The summed E-state index contributed by atoms with van der Waals surface area (Å²) in [5.74, 6) is 2.96. The van der Waals surface area contributed by atoms with Gasteiger partial charge in [-0.2, -0.15) is 4.98 Å². The van der Waals surface area contributed by atoms with Crippen molar-refractivity contribution in [3.63, 3.8) is 0 Å². The number of hydrogen-bond acceptors (Lipinski definition) is 5. The molecular formula is C15H28N4O. The predicted octanol–water partition coefficient (Wildman–Crippen LogP) is 2.09. The Bertz CT molecular complexity index is 385. The van der Waals surface area contributed by atoms with Crippen LogP contribution in [-0.4, -0.2) is 41.2 Å². The molecular weight excluding hydrogens is 252 g/mol. The Kier molecular flexibility index (Phi) is 5.98. The minimum absolute atomic E-state index is 0.556. The zero-order valence-corrected chi connectivity index (χ0v) is 13.1. The molecule has 1 saturated heterocycles. The molecule has 1 fully saturated rings. The van der Waals surface area contributed by atoms with Gasteiger partial charge in [-0.25, -0.2) is 0 Å². The van der Waals surface area contributed by atoms with E-state index in [1.54, 1.807) is 0 Å². The van der Waals surface area contributed by atoms with Gasteiger partial charge in [-0.1, -0.05) is 25.9 Å². The highest BCUT2D eigenvalue weighted by atomic mass is 16.5. The molecule has 5 nitrogen and oxygen atoms in total. The van der Waals surface area contributed by atoms with Crippen LogP contribution in [0.25, 0.3) is 0 Å². The fourth-order valence-electron chi connectivity index (χ4n) is 2.72. The van der Waals surface area contributed by atoms with Gasteiger partial charge < -0.3 is 9.84 Å². The van der Waals surface area contributed by atoms with Crippen molar-refractivity contribution in [1.82, 2.24) is 20.4 Å². The Morgan fingerprint density at radius 2 is 2.10 bits per heavy atom. The van der Waals surface area contributed by atoms with E-state index >= 15 is 0 Å². The molecule has 2 rings (SSSR count). The SMILES string of the molecule is CCN(Cc1noc(CC(C)C)n1)CC1CCNCC1. The van der Waals surface area contributed by atoms with Crippen LogP contribution in [0.2, 0.25) is 0 Å². The summed E-state index contributed by atoms with van der Waals surface area (Å²) in [4.78, 5) is 6.93. The van der Waals surface area contributed by atoms with E-state index in [1.165, 1.54) is 12.8 Å². The molecule has 0 unspecified atom stereocenters. The second kappa shape index (κ2) is 7.74. The summed E-state index contributed by atoms with van der Waals surface area (Å²) in [6, 6.07) is 0. The third-order valence-electron chi connectivity index (χ3n) is 3.88. The van der Waals surface area contributed by atoms with E-state index in [0.717, 1.165) is 56.8 Å². The minimum atomic E-state index is 0.556. The third kappa shape index (κ3) is 4.87. The Morgan fingerprint density at radius 1 is 1.35 bits per heavy atom. The van der Waals surface area contributed by atoms with Crippen molar-refractivity contribution in [2.24, 2.45) is 11.8 Å². The van der Waals surface area contributed by atoms with Gasteiger partial charge in [0.25, 0.3) is 0 Å². The van der Waals surface area contributed by atoms with Crippen LogP contribution >= 0.6 is 0 Å². The minimum Gasteiger partial charge on any atom is -0.339 e. The van der Waals surface area contributed by atoms with Gasteiger partial charge in [0.1, 0.15) is 0 Å². The molecule has 1 aromatic heterocycles. The smallest absolute Gasteiger partial charge is 0.226 e. The molecule has 1 aliphatic heterocycles. The van der Waals surface area contributed by atoms with Gasteiger partial charge in [0.2, 0.25) is 5.89 Å². The van der Waals surface area contributed by atoms with Crippen molar-refractivity contribution in [2.75, 3.05) is 26.2 Å². The van der Waals surface area contributed by atoms with Crippen LogP contribution in [0.3, 0.4) is 0 Å². The average Bonchev–Trinajstić information content (AvgIpc) is 2.85. The Balaban J connectivity index is 1.83. The van der Waals surface area contributed by atoms with E-state index in [1.807, 2.05) is 0 Å². The average molecular weight is 280 g/mol. The maximum Gasteiger partial charge on any atom is 0.226 e. The monoisotopic (exact) mass is 280 g/mol. The van der Waals surface area contributed by atoms with E-state index in [2.05, 4.69) is 41.1 Å². The van der Waals surface area contributed by atoms with Gasteiger partial charge in [-0.15, -0.1) is 0 Å². The lowest BCUT2D eigenvalue weighted by molar-refractivity contribution is 0.201. The second-order valence-electron chi connectivity index (χ2n) is 6.22. The molecule has 114 valence electrons. The number of piperidine rings is 1. The molecule has 0 bridgehead atoms. The number of aromatic nitrogens is 2. The molecule has 0 amide bonds. The van der Waals surface area contributed by atoms with Gasteiger partial charge >= 0.3 is 0 Å². The Hall–Kier alpha value is -0.940. The molecule has 1 N–H and O–H groups in total. The highest BCUT2D eigenvalue weighted by Gasteiger charge is 2.18. The van der Waals surface area contributed by atoms with Gasteiger partial charge in [-0.05, 0) is 44.3 Å². The summed E-state index contributed by atoms with van der Waals surface area (Å²) in [6.07, 6.45) is 3.43. The predicted molar refractivity (Wildman–Crippen MR) is 79.4 cm³/mol. The van der Waals surface area contributed by atoms with Gasteiger partial charge in [0.15, 0.2) is 5.82 Å². The van der Waals surface area contributed by atoms with Crippen LogP contribution in [0, 0.1) is 11.8 Å². The highest BCUT2D eigenvalue weighted by molar-refractivity contribution is 4.88. The summed E-state index contributed by atoms with van der Waals surface area (Å²) in [7, 11) is 0. The third-order valence-corrected chi connectivity index (χ3v) is 3.88. The maximum absolute atomic E-state index is 5.31. The van der Waals surface area contributed by atoms with Crippen LogP contribution in [-0.2, 0) is 13.0 Å². The number of nitrogens with one attached hydrogen (secondary N) is 1. The topological polar surface area (TPSA) is 54.2 Å². The normalized spacial score (nSPS) is 17.2.